The van der Waals surface area contributed by atoms with Gasteiger partial charge in [0.05, 0.1) is 0 Å². The van der Waals surface area contributed by atoms with Gasteiger partial charge >= 0.3 is 0 Å². The minimum absolute atomic E-state index is 0.0155. The van der Waals surface area contributed by atoms with Crippen molar-refractivity contribution in [1.82, 2.24) is 20.0 Å². The lowest BCUT2D eigenvalue weighted by Gasteiger charge is -2.29. The number of rotatable bonds is 6. The molecule has 1 aromatic carbocycles. The highest BCUT2D eigenvalue weighted by atomic mass is 16.5. The van der Waals surface area contributed by atoms with Crippen molar-refractivity contribution in [2.24, 2.45) is 0 Å². The van der Waals surface area contributed by atoms with Gasteiger partial charge in [-0.25, -0.2) is 0 Å². The molecule has 0 N–H and O–H groups in total. The van der Waals surface area contributed by atoms with Crippen LogP contribution in [0.15, 0.2) is 53.3 Å². The third-order valence-electron chi connectivity index (χ3n) is 4.38. The lowest BCUT2D eigenvalue weighted by Crippen LogP contribution is -2.37. The molecule has 26 heavy (non-hydrogen) atoms. The van der Waals surface area contributed by atoms with Crippen molar-refractivity contribution in [3.05, 3.63) is 65.8 Å². The largest absolute Gasteiger partial charge is 0.339 e. The van der Waals surface area contributed by atoms with E-state index in [1.807, 2.05) is 41.3 Å². The molecule has 1 atom stereocenters. The van der Waals surface area contributed by atoms with Crippen LogP contribution in [-0.4, -0.2) is 32.0 Å². The molecule has 0 fully saturated rings. The molecule has 0 aliphatic rings. The minimum Gasteiger partial charge on any atom is -0.339 e. The Morgan fingerprint density at radius 3 is 2.65 bits per heavy atom. The molecule has 3 aromatic rings. The SMILES string of the molecule is CCC(C)N(Cc1ccncc1)C(=O)c1cccc(-c2noc(C)n2)c1. The highest BCUT2D eigenvalue weighted by molar-refractivity contribution is 5.95. The number of amides is 1. The Bertz CT molecular complexity index is 876. The van der Waals surface area contributed by atoms with Crippen LogP contribution in [0.1, 0.15) is 42.1 Å². The molecule has 3 rings (SSSR count). The second-order valence-electron chi connectivity index (χ2n) is 6.26. The van der Waals surface area contributed by atoms with Gasteiger partial charge < -0.3 is 9.42 Å². The van der Waals surface area contributed by atoms with Crippen molar-refractivity contribution in [3.8, 4) is 11.4 Å². The molecule has 6 heteroatoms. The fourth-order valence-electron chi connectivity index (χ4n) is 2.71. The Kier molecular flexibility index (Phi) is 5.41. The third kappa shape index (κ3) is 3.96. The molecule has 0 saturated heterocycles. The van der Waals surface area contributed by atoms with E-state index in [-0.39, 0.29) is 11.9 Å². The van der Waals surface area contributed by atoms with Crippen LogP contribution in [0, 0.1) is 6.92 Å². The number of benzene rings is 1. The molecular formula is C20H22N4O2. The van der Waals surface area contributed by atoms with E-state index in [2.05, 4.69) is 29.0 Å². The zero-order chi connectivity index (χ0) is 18.5. The molecule has 2 aromatic heterocycles. The first kappa shape index (κ1) is 17.8. The van der Waals surface area contributed by atoms with Gasteiger partial charge in [0, 0.05) is 43.0 Å². The molecule has 1 unspecified atom stereocenters. The molecule has 2 heterocycles. The molecule has 1 amide bonds. The number of carbonyl (C=O) groups excluding carboxylic acids is 1. The van der Waals surface area contributed by atoms with E-state index >= 15 is 0 Å². The number of hydrogen-bond acceptors (Lipinski definition) is 5. The summed E-state index contributed by atoms with van der Waals surface area (Å²) in [7, 11) is 0. The monoisotopic (exact) mass is 350 g/mol. The van der Waals surface area contributed by atoms with Crippen LogP contribution in [0.25, 0.3) is 11.4 Å². The summed E-state index contributed by atoms with van der Waals surface area (Å²) >= 11 is 0. The van der Waals surface area contributed by atoms with E-state index in [0.717, 1.165) is 17.5 Å². The first-order valence-corrected chi connectivity index (χ1v) is 8.69. The summed E-state index contributed by atoms with van der Waals surface area (Å²) in [5.41, 5.74) is 2.43. The molecule has 0 aliphatic carbocycles. The molecule has 0 saturated carbocycles. The lowest BCUT2D eigenvalue weighted by molar-refractivity contribution is 0.0671. The van der Waals surface area contributed by atoms with E-state index in [0.29, 0.717) is 23.8 Å². The van der Waals surface area contributed by atoms with Crippen molar-refractivity contribution in [2.75, 3.05) is 0 Å². The molecule has 0 bridgehead atoms. The van der Waals surface area contributed by atoms with Crippen LogP contribution < -0.4 is 0 Å². The van der Waals surface area contributed by atoms with Crippen LogP contribution in [0.3, 0.4) is 0 Å². The van der Waals surface area contributed by atoms with E-state index in [1.54, 1.807) is 19.3 Å². The van der Waals surface area contributed by atoms with E-state index in [4.69, 9.17) is 4.52 Å². The predicted molar refractivity (Wildman–Crippen MR) is 98.3 cm³/mol. The van der Waals surface area contributed by atoms with Crippen molar-refractivity contribution >= 4 is 5.91 Å². The first-order chi connectivity index (χ1) is 12.6. The summed E-state index contributed by atoms with van der Waals surface area (Å²) in [6, 6.07) is 11.3. The highest BCUT2D eigenvalue weighted by Crippen LogP contribution is 2.20. The number of nitrogens with zero attached hydrogens (tertiary/aromatic N) is 4. The average molecular weight is 350 g/mol. The summed E-state index contributed by atoms with van der Waals surface area (Å²) in [5, 5.41) is 3.93. The number of pyridine rings is 1. The van der Waals surface area contributed by atoms with E-state index in [1.165, 1.54) is 0 Å². The minimum atomic E-state index is -0.0155. The predicted octanol–water partition coefficient (Wildman–Crippen LogP) is 3.88. The van der Waals surface area contributed by atoms with Crippen molar-refractivity contribution in [3.63, 3.8) is 0 Å². The van der Waals surface area contributed by atoms with Crippen molar-refractivity contribution < 1.29 is 9.32 Å². The third-order valence-corrected chi connectivity index (χ3v) is 4.38. The second-order valence-corrected chi connectivity index (χ2v) is 6.26. The van der Waals surface area contributed by atoms with Gasteiger partial charge in [-0.3, -0.25) is 9.78 Å². The van der Waals surface area contributed by atoms with Crippen LogP contribution in [0.2, 0.25) is 0 Å². The van der Waals surface area contributed by atoms with Gasteiger partial charge in [-0.05, 0) is 43.2 Å². The first-order valence-electron chi connectivity index (χ1n) is 8.69. The summed E-state index contributed by atoms with van der Waals surface area (Å²) in [5.74, 6) is 0.968. The summed E-state index contributed by atoms with van der Waals surface area (Å²) < 4.78 is 5.04. The molecular weight excluding hydrogens is 328 g/mol. The Morgan fingerprint density at radius 1 is 1.23 bits per heavy atom. The zero-order valence-corrected chi connectivity index (χ0v) is 15.2. The van der Waals surface area contributed by atoms with Gasteiger partial charge in [0.25, 0.3) is 5.91 Å². The van der Waals surface area contributed by atoms with Gasteiger partial charge in [-0.1, -0.05) is 24.2 Å². The van der Waals surface area contributed by atoms with Crippen LogP contribution in [0.4, 0.5) is 0 Å². The second kappa shape index (κ2) is 7.91. The highest BCUT2D eigenvalue weighted by Gasteiger charge is 2.21. The Labute approximate surface area is 152 Å². The summed E-state index contributed by atoms with van der Waals surface area (Å²) in [6.07, 6.45) is 4.36. The smallest absolute Gasteiger partial charge is 0.254 e. The van der Waals surface area contributed by atoms with Gasteiger partial charge in [-0.15, -0.1) is 0 Å². The van der Waals surface area contributed by atoms with Crippen molar-refractivity contribution in [1.29, 1.82) is 0 Å². The van der Waals surface area contributed by atoms with Crippen LogP contribution in [0.5, 0.6) is 0 Å². The topological polar surface area (TPSA) is 72.1 Å². The lowest BCUT2D eigenvalue weighted by atomic mass is 10.1. The number of aryl methyl sites for hydroxylation is 1. The maximum atomic E-state index is 13.2. The van der Waals surface area contributed by atoms with Crippen LogP contribution in [-0.2, 0) is 6.54 Å². The maximum Gasteiger partial charge on any atom is 0.254 e. The molecule has 134 valence electrons. The van der Waals surface area contributed by atoms with Gasteiger partial charge in [0.15, 0.2) is 0 Å². The Morgan fingerprint density at radius 2 is 2.00 bits per heavy atom. The zero-order valence-electron chi connectivity index (χ0n) is 15.2. The Balaban J connectivity index is 1.89. The number of hydrogen-bond donors (Lipinski definition) is 0. The van der Waals surface area contributed by atoms with E-state index in [9.17, 15) is 4.79 Å². The quantitative estimate of drug-likeness (QED) is 0.674. The molecule has 0 aliphatic heterocycles. The molecule has 0 radical (unpaired) electrons. The Hall–Kier alpha value is -3.02. The van der Waals surface area contributed by atoms with Gasteiger partial charge in [-0.2, -0.15) is 4.98 Å². The summed E-state index contributed by atoms with van der Waals surface area (Å²) in [4.78, 5) is 23.3. The number of aromatic nitrogens is 3. The molecule has 6 nitrogen and oxygen atoms in total. The standard InChI is InChI=1S/C20H22N4O2/c1-4-14(2)24(13-16-8-10-21-11-9-16)20(25)18-7-5-6-17(12-18)19-22-15(3)26-23-19/h5-12,14H,4,13H2,1-3H3. The van der Waals surface area contributed by atoms with Gasteiger partial charge in [0.1, 0.15) is 0 Å². The van der Waals surface area contributed by atoms with Gasteiger partial charge in [0.2, 0.25) is 11.7 Å². The van der Waals surface area contributed by atoms with E-state index < -0.39 is 0 Å². The normalized spacial score (nSPS) is 12.0. The van der Waals surface area contributed by atoms with Crippen LogP contribution >= 0.6 is 0 Å². The fraction of sp³-hybridized carbons (Fsp3) is 0.300. The van der Waals surface area contributed by atoms with Crippen molar-refractivity contribution in [2.45, 2.75) is 39.8 Å². The maximum absolute atomic E-state index is 13.2. The molecule has 0 spiro atoms. The fourth-order valence-corrected chi connectivity index (χ4v) is 2.71. The number of carbonyl (C=O) groups is 1. The summed E-state index contributed by atoms with van der Waals surface area (Å²) in [6.45, 7) is 6.42. The average Bonchev–Trinajstić information content (AvgIpc) is 3.12.